The van der Waals surface area contributed by atoms with Crippen LogP contribution in [-0.4, -0.2) is 20.2 Å². The SMILES string of the molecule is C#CCn1nnnc1C(C)(C)Cc1ccccc1. The van der Waals surface area contributed by atoms with E-state index >= 15 is 0 Å². The third-order valence-electron chi connectivity index (χ3n) is 2.87. The quantitative estimate of drug-likeness (QED) is 0.766. The summed E-state index contributed by atoms with van der Waals surface area (Å²) in [7, 11) is 0. The molecule has 0 amide bonds. The lowest BCUT2D eigenvalue weighted by Crippen LogP contribution is -2.26. The Morgan fingerprint density at radius 3 is 2.67 bits per heavy atom. The summed E-state index contributed by atoms with van der Waals surface area (Å²) in [4.78, 5) is 0. The maximum absolute atomic E-state index is 5.32. The van der Waals surface area contributed by atoms with Gasteiger partial charge in [0.1, 0.15) is 6.54 Å². The monoisotopic (exact) mass is 240 g/mol. The first-order chi connectivity index (χ1) is 8.63. The van der Waals surface area contributed by atoms with Gasteiger partial charge in [0.05, 0.1) is 0 Å². The highest BCUT2D eigenvalue weighted by Crippen LogP contribution is 2.25. The molecule has 0 fully saturated rings. The molecule has 4 heteroatoms. The van der Waals surface area contributed by atoms with Gasteiger partial charge in [-0.3, -0.25) is 0 Å². The van der Waals surface area contributed by atoms with Crippen LogP contribution in [0, 0.1) is 12.3 Å². The highest BCUT2D eigenvalue weighted by atomic mass is 15.5. The lowest BCUT2D eigenvalue weighted by molar-refractivity contribution is 0.452. The van der Waals surface area contributed by atoms with Crippen molar-refractivity contribution >= 4 is 0 Å². The van der Waals surface area contributed by atoms with Crippen molar-refractivity contribution in [1.82, 2.24) is 20.2 Å². The van der Waals surface area contributed by atoms with Crippen molar-refractivity contribution in [3.05, 3.63) is 41.7 Å². The summed E-state index contributed by atoms with van der Waals surface area (Å²) in [6.45, 7) is 4.65. The second-order valence-corrected chi connectivity index (χ2v) is 4.91. The maximum Gasteiger partial charge on any atom is 0.158 e. The van der Waals surface area contributed by atoms with Crippen molar-refractivity contribution in [1.29, 1.82) is 0 Å². The Balaban J connectivity index is 2.25. The van der Waals surface area contributed by atoms with E-state index in [1.807, 2.05) is 18.2 Å². The topological polar surface area (TPSA) is 43.6 Å². The number of benzene rings is 1. The molecule has 0 atom stereocenters. The van der Waals surface area contributed by atoms with Crippen molar-refractivity contribution in [3.8, 4) is 12.3 Å². The number of nitrogens with zero attached hydrogens (tertiary/aromatic N) is 4. The first kappa shape index (κ1) is 12.3. The van der Waals surface area contributed by atoms with E-state index in [1.165, 1.54) is 5.56 Å². The summed E-state index contributed by atoms with van der Waals surface area (Å²) < 4.78 is 1.68. The van der Waals surface area contributed by atoms with Crippen LogP contribution in [0.3, 0.4) is 0 Å². The van der Waals surface area contributed by atoms with E-state index in [1.54, 1.807) is 4.68 Å². The summed E-state index contributed by atoms with van der Waals surface area (Å²) in [6.07, 6.45) is 6.19. The van der Waals surface area contributed by atoms with Crippen LogP contribution in [-0.2, 0) is 18.4 Å². The summed E-state index contributed by atoms with van der Waals surface area (Å²) in [5.41, 5.74) is 1.11. The van der Waals surface area contributed by atoms with Crippen LogP contribution in [0.5, 0.6) is 0 Å². The van der Waals surface area contributed by atoms with E-state index in [2.05, 4.69) is 47.4 Å². The molecular weight excluding hydrogens is 224 g/mol. The molecule has 2 rings (SSSR count). The Labute approximate surface area is 107 Å². The van der Waals surface area contributed by atoms with Crippen LogP contribution in [0.25, 0.3) is 0 Å². The Kier molecular flexibility index (Phi) is 3.42. The van der Waals surface area contributed by atoms with Gasteiger partial charge in [0.25, 0.3) is 0 Å². The van der Waals surface area contributed by atoms with Gasteiger partial charge in [-0.2, -0.15) is 0 Å². The molecule has 4 nitrogen and oxygen atoms in total. The summed E-state index contributed by atoms with van der Waals surface area (Å²) >= 11 is 0. The fourth-order valence-electron chi connectivity index (χ4n) is 2.07. The minimum atomic E-state index is -0.151. The van der Waals surface area contributed by atoms with Gasteiger partial charge in [-0.05, 0) is 22.4 Å². The second kappa shape index (κ2) is 5.01. The van der Waals surface area contributed by atoms with Crippen LogP contribution in [0.15, 0.2) is 30.3 Å². The standard InChI is InChI=1S/C14H16N4/c1-4-10-18-13(15-16-17-18)14(2,3)11-12-8-6-5-7-9-12/h1,5-9H,10-11H2,2-3H3. The van der Waals surface area contributed by atoms with Gasteiger partial charge in [-0.15, -0.1) is 11.5 Å². The van der Waals surface area contributed by atoms with Crippen molar-refractivity contribution in [2.45, 2.75) is 32.2 Å². The Hall–Kier alpha value is -2.15. The molecule has 0 unspecified atom stereocenters. The lowest BCUT2D eigenvalue weighted by atomic mass is 9.85. The third kappa shape index (κ3) is 2.57. The third-order valence-corrected chi connectivity index (χ3v) is 2.87. The summed E-state index contributed by atoms with van der Waals surface area (Å²) in [5, 5.41) is 11.8. The van der Waals surface area contributed by atoms with E-state index in [-0.39, 0.29) is 5.41 Å². The average Bonchev–Trinajstić information content (AvgIpc) is 2.79. The molecule has 92 valence electrons. The predicted molar refractivity (Wildman–Crippen MR) is 69.8 cm³/mol. The van der Waals surface area contributed by atoms with Crippen LogP contribution in [0.1, 0.15) is 25.2 Å². The predicted octanol–water partition coefficient (Wildman–Crippen LogP) is 1.83. The number of tetrazole rings is 1. The molecule has 0 bridgehead atoms. The van der Waals surface area contributed by atoms with Gasteiger partial charge in [-0.25, -0.2) is 4.68 Å². The molecule has 2 aromatic rings. The zero-order valence-electron chi connectivity index (χ0n) is 10.7. The number of hydrogen-bond acceptors (Lipinski definition) is 3. The maximum atomic E-state index is 5.32. The first-order valence-electron chi connectivity index (χ1n) is 5.87. The molecule has 0 aliphatic heterocycles. The lowest BCUT2D eigenvalue weighted by Gasteiger charge is -2.23. The molecule has 1 aromatic carbocycles. The molecule has 0 saturated heterocycles. The first-order valence-corrected chi connectivity index (χ1v) is 5.87. The number of aromatic nitrogens is 4. The fraction of sp³-hybridized carbons (Fsp3) is 0.357. The number of hydrogen-bond donors (Lipinski definition) is 0. The van der Waals surface area contributed by atoms with E-state index in [9.17, 15) is 0 Å². The van der Waals surface area contributed by atoms with Crippen molar-refractivity contribution < 1.29 is 0 Å². The normalized spacial score (nSPS) is 11.2. The van der Waals surface area contributed by atoms with E-state index < -0.39 is 0 Å². The summed E-state index contributed by atoms with van der Waals surface area (Å²) in [5.74, 6) is 3.39. The van der Waals surface area contributed by atoms with E-state index in [0.29, 0.717) is 6.54 Å². The molecular formula is C14H16N4. The van der Waals surface area contributed by atoms with Crippen LogP contribution in [0.2, 0.25) is 0 Å². The summed E-state index contributed by atoms with van der Waals surface area (Å²) in [6, 6.07) is 10.3. The molecule has 0 N–H and O–H groups in total. The fourth-order valence-corrected chi connectivity index (χ4v) is 2.07. The molecule has 0 radical (unpaired) electrons. The van der Waals surface area contributed by atoms with Gasteiger partial charge in [-0.1, -0.05) is 50.1 Å². The van der Waals surface area contributed by atoms with Gasteiger partial charge >= 0.3 is 0 Å². The zero-order chi connectivity index (χ0) is 13.0. The van der Waals surface area contributed by atoms with E-state index in [0.717, 1.165) is 12.2 Å². The largest absolute Gasteiger partial charge is 0.217 e. The Morgan fingerprint density at radius 1 is 1.28 bits per heavy atom. The molecule has 0 spiro atoms. The van der Waals surface area contributed by atoms with Gasteiger partial charge < -0.3 is 0 Å². The van der Waals surface area contributed by atoms with Crippen molar-refractivity contribution in [2.75, 3.05) is 0 Å². The highest BCUT2D eigenvalue weighted by molar-refractivity contribution is 5.20. The molecule has 1 heterocycles. The molecule has 1 aromatic heterocycles. The molecule has 0 aliphatic rings. The Bertz CT molecular complexity index is 549. The minimum absolute atomic E-state index is 0.151. The van der Waals surface area contributed by atoms with Crippen LogP contribution >= 0.6 is 0 Å². The molecule has 0 saturated carbocycles. The molecule has 18 heavy (non-hydrogen) atoms. The zero-order valence-corrected chi connectivity index (χ0v) is 10.7. The smallest absolute Gasteiger partial charge is 0.158 e. The van der Waals surface area contributed by atoms with Crippen molar-refractivity contribution in [3.63, 3.8) is 0 Å². The van der Waals surface area contributed by atoms with Crippen LogP contribution in [0.4, 0.5) is 0 Å². The van der Waals surface area contributed by atoms with Crippen molar-refractivity contribution in [2.24, 2.45) is 0 Å². The number of rotatable bonds is 4. The second-order valence-electron chi connectivity index (χ2n) is 4.91. The van der Waals surface area contributed by atoms with Crippen LogP contribution < -0.4 is 0 Å². The molecule has 0 aliphatic carbocycles. The number of terminal acetylenes is 1. The van der Waals surface area contributed by atoms with E-state index in [4.69, 9.17) is 6.42 Å². The van der Waals surface area contributed by atoms with Gasteiger partial charge in [0, 0.05) is 5.41 Å². The van der Waals surface area contributed by atoms with Gasteiger partial charge in [0.15, 0.2) is 5.82 Å². The van der Waals surface area contributed by atoms with Gasteiger partial charge in [0.2, 0.25) is 0 Å². The minimum Gasteiger partial charge on any atom is -0.217 e. The Morgan fingerprint density at radius 2 is 2.00 bits per heavy atom. The highest BCUT2D eigenvalue weighted by Gasteiger charge is 2.27. The average molecular weight is 240 g/mol.